The van der Waals surface area contributed by atoms with E-state index in [1.54, 1.807) is 6.08 Å². The molecule has 0 N–H and O–H groups in total. The summed E-state index contributed by atoms with van der Waals surface area (Å²) in [5, 5.41) is 0. The van der Waals surface area contributed by atoms with E-state index in [2.05, 4.69) is 6.58 Å². The molecule has 12 nitrogen and oxygen atoms in total. The average Bonchev–Trinajstić information content (AvgIpc) is 2.94. The molecule has 0 radical (unpaired) electrons. The van der Waals surface area contributed by atoms with Crippen molar-refractivity contribution in [2.75, 3.05) is 139 Å². The summed E-state index contributed by atoms with van der Waals surface area (Å²) in [7, 11) is 0. The van der Waals surface area contributed by atoms with Gasteiger partial charge >= 0.3 is 5.97 Å². The van der Waals surface area contributed by atoms with E-state index in [-0.39, 0.29) is 12.6 Å². The van der Waals surface area contributed by atoms with Gasteiger partial charge in [0.1, 0.15) is 6.61 Å². The quantitative estimate of drug-likeness (QED) is 0.0638. The van der Waals surface area contributed by atoms with Crippen LogP contribution in [0.25, 0.3) is 0 Å². The first kappa shape index (κ1) is 37.8. The van der Waals surface area contributed by atoms with Gasteiger partial charge in [-0.2, -0.15) is 0 Å². The van der Waals surface area contributed by atoms with E-state index < -0.39 is 0 Å². The molecular weight excluding hydrogens is 516 g/mol. The Balaban J connectivity index is 3.05. The molecule has 0 aromatic rings. The van der Waals surface area contributed by atoms with Crippen molar-refractivity contribution in [2.24, 2.45) is 0 Å². The van der Waals surface area contributed by atoms with E-state index in [1.165, 1.54) is 0 Å². The molecule has 0 aliphatic heterocycles. The Morgan fingerprint density at radius 1 is 0.462 bits per heavy atom. The highest BCUT2D eigenvalue weighted by Gasteiger charge is 2.00. The first-order valence-corrected chi connectivity index (χ1v) is 13.8. The molecule has 0 amide bonds. The van der Waals surface area contributed by atoms with Crippen LogP contribution in [0.1, 0.15) is 19.8 Å². The van der Waals surface area contributed by atoms with Crippen molar-refractivity contribution in [3.05, 3.63) is 12.7 Å². The maximum atomic E-state index is 11.2. The molecule has 0 aromatic carbocycles. The van der Waals surface area contributed by atoms with E-state index in [0.717, 1.165) is 6.42 Å². The lowest BCUT2D eigenvalue weighted by Gasteiger charge is -2.09. The number of hydrogen-bond donors (Lipinski definition) is 0. The second-order valence-electron chi connectivity index (χ2n) is 7.85. The van der Waals surface area contributed by atoms with Crippen molar-refractivity contribution >= 4 is 5.97 Å². The third-order valence-corrected chi connectivity index (χ3v) is 4.53. The van der Waals surface area contributed by atoms with Gasteiger partial charge in [-0.1, -0.05) is 13.0 Å². The summed E-state index contributed by atoms with van der Waals surface area (Å²) in [4.78, 5) is 11.2. The SMILES string of the molecule is C=CCOCCOCCOCCOCCOCCOCCOCCOCCOCCOCCOC(=O)CCC. The lowest BCUT2D eigenvalue weighted by molar-refractivity contribution is -0.145. The van der Waals surface area contributed by atoms with E-state index in [1.807, 2.05) is 6.92 Å². The third-order valence-electron chi connectivity index (χ3n) is 4.53. The van der Waals surface area contributed by atoms with Gasteiger partial charge < -0.3 is 52.1 Å². The second-order valence-corrected chi connectivity index (χ2v) is 7.85. The number of hydrogen-bond acceptors (Lipinski definition) is 12. The monoisotopic (exact) mass is 568 g/mol. The normalized spacial score (nSPS) is 11.2. The summed E-state index contributed by atoms with van der Waals surface area (Å²) in [6.07, 6.45) is 2.94. The summed E-state index contributed by atoms with van der Waals surface area (Å²) in [5.74, 6) is -0.187. The minimum atomic E-state index is -0.187. The van der Waals surface area contributed by atoms with Crippen LogP contribution >= 0.6 is 0 Å². The molecule has 0 saturated heterocycles. The Labute approximate surface area is 234 Å². The van der Waals surface area contributed by atoms with E-state index in [9.17, 15) is 4.79 Å². The summed E-state index contributed by atoms with van der Waals surface area (Å²) in [5.41, 5.74) is 0. The summed E-state index contributed by atoms with van der Waals surface area (Å²) >= 11 is 0. The maximum Gasteiger partial charge on any atom is 0.305 e. The second kappa shape index (κ2) is 34.8. The molecule has 0 bridgehead atoms. The predicted molar refractivity (Wildman–Crippen MR) is 144 cm³/mol. The average molecular weight is 569 g/mol. The molecule has 12 heteroatoms. The van der Waals surface area contributed by atoms with Crippen molar-refractivity contribution in [1.29, 1.82) is 0 Å². The first-order valence-electron chi connectivity index (χ1n) is 13.8. The largest absolute Gasteiger partial charge is 0.463 e. The molecule has 232 valence electrons. The zero-order valence-corrected chi connectivity index (χ0v) is 23.9. The number of carbonyl (C=O) groups is 1. The molecule has 0 atom stereocenters. The number of rotatable bonds is 34. The van der Waals surface area contributed by atoms with Gasteiger partial charge in [0.15, 0.2) is 0 Å². The Hall–Kier alpha value is -1.19. The molecule has 0 aromatic heterocycles. The van der Waals surface area contributed by atoms with Gasteiger partial charge in [0.05, 0.1) is 132 Å². The molecule has 0 unspecified atom stereocenters. The first-order chi connectivity index (χ1) is 19.3. The molecule has 0 aliphatic carbocycles. The molecule has 0 saturated carbocycles. The highest BCUT2D eigenvalue weighted by Crippen LogP contribution is 1.91. The van der Waals surface area contributed by atoms with Crippen molar-refractivity contribution in [3.8, 4) is 0 Å². The van der Waals surface area contributed by atoms with Crippen molar-refractivity contribution in [1.82, 2.24) is 0 Å². The highest BCUT2D eigenvalue weighted by molar-refractivity contribution is 5.69. The van der Waals surface area contributed by atoms with Gasteiger partial charge in [0, 0.05) is 6.42 Å². The summed E-state index contributed by atoms with van der Waals surface area (Å²) in [6, 6.07) is 0. The van der Waals surface area contributed by atoms with Crippen LogP contribution in [-0.2, 0) is 56.9 Å². The lowest BCUT2D eigenvalue weighted by atomic mass is 10.3. The van der Waals surface area contributed by atoms with Crippen LogP contribution in [0.5, 0.6) is 0 Å². The van der Waals surface area contributed by atoms with Gasteiger partial charge in [-0.25, -0.2) is 0 Å². The maximum absolute atomic E-state index is 11.2. The number of esters is 1. The van der Waals surface area contributed by atoms with Crippen LogP contribution < -0.4 is 0 Å². The van der Waals surface area contributed by atoms with Crippen LogP contribution in [0.2, 0.25) is 0 Å². The Bertz CT molecular complexity index is 495. The fraction of sp³-hybridized carbons (Fsp3) is 0.889. The van der Waals surface area contributed by atoms with Crippen LogP contribution in [0, 0.1) is 0 Å². The molecule has 0 spiro atoms. The lowest BCUT2D eigenvalue weighted by Crippen LogP contribution is -2.15. The third kappa shape index (κ3) is 34.8. The zero-order valence-electron chi connectivity index (χ0n) is 23.9. The standard InChI is InChI=1S/C27H52O12/c1-3-5-27(28)39-26-25-38-24-23-37-22-21-36-20-19-35-18-17-34-16-15-33-14-13-32-12-11-31-10-9-30-8-7-29-6-4-2/h4H,2-3,5-26H2,1H3. The van der Waals surface area contributed by atoms with E-state index in [0.29, 0.717) is 139 Å². The predicted octanol–water partition coefficient (Wildman–Crippen LogP) is 1.68. The van der Waals surface area contributed by atoms with Gasteiger partial charge in [-0.05, 0) is 6.42 Å². The van der Waals surface area contributed by atoms with Crippen molar-refractivity contribution < 1.29 is 56.9 Å². The zero-order chi connectivity index (χ0) is 28.3. The summed E-state index contributed by atoms with van der Waals surface area (Å²) in [6.45, 7) is 15.9. The van der Waals surface area contributed by atoms with Gasteiger partial charge in [-0.15, -0.1) is 6.58 Å². The molecule has 0 fully saturated rings. The van der Waals surface area contributed by atoms with Gasteiger partial charge in [0.25, 0.3) is 0 Å². The summed E-state index contributed by atoms with van der Waals surface area (Å²) < 4.78 is 58.9. The molecular formula is C27H52O12. The fourth-order valence-corrected chi connectivity index (χ4v) is 2.64. The van der Waals surface area contributed by atoms with Gasteiger partial charge in [-0.3, -0.25) is 4.79 Å². The number of ether oxygens (including phenoxy) is 11. The molecule has 0 heterocycles. The smallest absolute Gasteiger partial charge is 0.305 e. The Morgan fingerprint density at radius 2 is 0.718 bits per heavy atom. The van der Waals surface area contributed by atoms with Crippen LogP contribution in [0.4, 0.5) is 0 Å². The Morgan fingerprint density at radius 3 is 0.974 bits per heavy atom. The van der Waals surface area contributed by atoms with E-state index in [4.69, 9.17) is 52.1 Å². The van der Waals surface area contributed by atoms with Gasteiger partial charge in [0.2, 0.25) is 0 Å². The minimum Gasteiger partial charge on any atom is -0.463 e. The van der Waals surface area contributed by atoms with Crippen LogP contribution in [0.3, 0.4) is 0 Å². The van der Waals surface area contributed by atoms with Crippen molar-refractivity contribution in [2.45, 2.75) is 19.8 Å². The molecule has 0 rings (SSSR count). The minimum absolute atomic E-state index is 0.187. The van der Waals surface area contributed by atoms with Crippen molar-refractivity contribution in [3.63, 3.8) is 0 Å². The number of carbonyl (C=O) groups excluding carboxylic acids is 1. The van der Waals surface area contributed by atoms with Crippen LogP contribution in [-0.4, -0.2) is 145 Å². The molecule has 39 heavy (non-hydrogen) atoms. The van der Waals surface area contributed by atoms with Crippen LogP contribution in [0.15, 0.2) is 12.7 Å². The highest BCUT2D eigenvalue weighted by atomic mass is 16.6. The topological polar surface area (TPSA) is 119 Å². The van der Waals surface area contributed by atoms with E-state index >= 15 is 0 Å². The fourth-order valence-electron chi connectivity index (χ4n) is 2.64. The Kier molecular flexibility index (Phi) is 33.8. The molecule has 0 aliphatic rings.